The van der Waals surface area contributed by atoms with Crippen molar-refractivity contribution < 1.29 is 22.7 Å². The fourth-order valence-electron chi connectivity index (χ4n) is 0.384. The van der Waals surface area contributed by atoms with Gasteiger partial charge in [0.25, 0.3) is 10.1 Å². The Hall–Kier alpha value is -0.170. The zero-order chi connectivity index (χ0) is 8.04. The highest BCUT2D eigenvalue weighted by molar-refractivity contribution is 7.85. The summed E-state index contributed by atoms with van der Waals surface area (Å²) in [6, 6.07) is 0. The molecule has 0 fully saturated rings. The van der Waals surface area contributed by atoms with E-state index < -0.39 is 10.1 Å². The van der Waals surface area contributed by atoms with Crippen LogP contribution in [0.2, 0.25) is 0 Å². The molecule has 1 N–H and O–H groups in total. The summed E-state index contributed by atoms with van der Waals surface area (Å²) in [5.41, 5.74) is 0. The zero-order valence-electron chi connectivity index (χ0n) is 5.61. The largest absolute Gasteiger partial charge is 0.286 e. The molecule has 0 aliphatic heterocycles. The van der Waals surface area contributed by atoms with Gasteiger partial charge in [0, 0.05) is 0 Å². The molecule has 0 unspecified atom stereocenters. The van der Waals surface area contributed by atoms with Gasteiger partial charge >= 0.3 is 0 Å². The summed E-state index contributed by atoms with van der Waals surface area (Å²) in [5, 5.41) is 0. The van der Waals surface area contributed by atoms with Crippen molar-refractivity contribution in [3.8, 4) is 0 Å². The number of hydrogen-bond donors (Lipinski definition) is 1. The van der Waals surface area contributed by atoms with Crippen LogP contribution in [0.15, 0.2) is 0 Å². The average Bonchev–Trinajstić information content (AvgIpc) is 1.78. The van der Waals surface area contributed by atoms with Crippen LogP contribution in [-0.2, 0) is 19.9 Å². The Labute approximate surface area is 59.6 Å². The Morgan fingerprint density at radius 1 is 1.50 bits per heavy atom. The minimum absolute atomic E-state index is 0.163. The van der Waals surface area contributed by atoms with E-state index in [1.54, 1.807) is 0 Å². The van der Waals surface area contributed by atoms with E-state index in [2.05, 4.69) is 9.78 Å². The predicted molar refractivity (Wildman–Crippen MR) is 34.0 cm³/mol. The van der Waals surface area contributed by atoms with Gasteiger partial charge in [-0.1, -0.05) is 0 Å². The van der Waals surface area contributed by atoms with Crippen LogP contribution in [0.3, 0.4) is 0 Å². The Balaban J connectivity index is 3.21. The van der Waals surface area contributed by atoms with Crippen molar-refractivity contribution in [3.63, 3.8) is 0 Å². The van der Waals surface area contributed by atoms with Crippen LogP contribution >= 0.6 is 0 Å². The molecular weight excluding hydrogens is 160 g/mol. The molecule has 10 heavy (non-hydrogen) atoms. The van der Waals surface area contributed by atoms with Crippen LogP contribution in [0.1, 0.15) is 6.42 Å². The van der Waals surface area contributed by atoms with E-state index in [1.807, 2.05) is 0 Å². The van der Waals surface area contributed by atoms with Crippen LogP contribution in [0.5, 0.6) is 0 Å². The van der Waals surface area contributed by atoms with Crippen LogP contribution in [0, 0.1) is 0 Å². The molecule has 0 bridgehead atoms. The summed E-state index contributed by atoms with van der Waals surface area (Å²) in [4.78, 5) is 8.53. The van der Waals surface area contributed by atoms with E-state index in [0.717, 1.165) is 0 Å². The van der Waals surface area contributed by atoms with Gasteiger partial charge in [-0.05, 0) is 6.42 Å². The maximum atomic E-state index is 10.1. The Bertz CT molecular complexity index is 160. The zero-order valence-corrected chi connectivity index (χ0v) is 6.43. The Morgan fingerprint density at radius 2 is 2.10 bits per heavy atom. The van der Waals surface area contributed by atoms with E-state index in [9.17, 15) is 8.42 Å². The molecule has 0 rings (SSSR count). The lowest BCUT2D eigenvalue weighted by atomic mass is 10.5. The summed E-state index contributed by atoms with van der Waals surface area (Å²) in [7, 11) is -2.51. The topological polar surface area (TPSA) is 72.8 Å². The molecule has 0 atom stereocenters. The predicted octanol–water partition coefficient (Wildman–Crippen LogP) is -0.158. The smallest absolute Gasteiger partial charge is 0.264 e. The van der Waals surface area contributed by atoms with Crippen molar-refractivity contribution in [3.05, 3.63) is 0 Å². The first kappa shape index (κ1) is 9.83. The lowest BCUT2D eigenvalue weighted by molar-refractivity contribution is -0.271. The van der Waals surface area contributed by atoms with Gasteiger partial charge in [0.15, 0.2) is 0 Å². The van der Waals surface area contributed by atoms with Crippen molar-refractivity contribution in [1.29, 1.82) is 0 Å². The number of rotatable bonds is 5. The molecule has 0 aromatic rings. The normalized spacial score (nSPS) is 11.8. The van der Waals surface area contributed by atoms with Crippen LogP contribution in [0.4, 0.5) is 0 Å². The lowest BCUT2D eigenvalue weighted by Crippen LogP contribution is -2.06. The first-order valence-electron chi connectivity index (χ1n) is 2.67. The maximum absolute atomic E-state index is 10.1. The third-order valence-corrected chi connectivity index (χ3v) is 1.55. The molecule has 0 radical (unpaired) electrons. The van der Waals surface area contributed by atoms with E-state index in [4.69, 9.17) is 4.55 Å². The van der Waals surface area contributed by atoms with Crippen LogP contribution < -0.4 is 0 Å². The molecule has 0 spiro atoms. The van der Waals surface area contributed by atoms with Gasteiger partial charge < -0.3 is 0 Å². The van der Waals surface area contributed by atoms with Gasteiger partial charge in [-0.2, -0.15) is 8.42 Å². The standard InChI is InChI=1S/C4H10O5S/c1-8-9-3-2-4-10(5,6)7/h2-4H2,1H3,(H,5,6,7). The fraction of sp³-hybridized carbons (Fsp3) is 1.00. The highest BCUT2D eigenvalue weighted by atomic mass is 32.2. The fourth-order valence-corrected chi connectivity index (χ4v) is 0.866. The average molecular weight is 170 g/mol. The summed E-state index contributed by atoms with van der Waals surface area (Å²) in [6.45, 7) is 0.163. The lowest BCUT2D eigenvalue weighted by Gasteiger charge is -1.96. The molecule has 0 aliphatic carbocycles. The molecule has 0 saturated heterocycles. The number of hydrogen-bond acceptors (Lipinski definition) is 4. The van der Waals surface area contributed by atoms with Crippen molar-refractivity contribution in [2.75, 3.05) is 19.5 Å². The van der Waals surface area contributed by atoms with Crippen molar-refractivity contribution in [2.45, 2.75) is 6.42 Å². The summed E-state index contributed by atoms with van der Waals surface area (Å²) in [5.74, 6) is -0.295. The van der Waals surface area contributed by atoms with E-state index in [1.165, 1.54) is 7.11 Å². The van der Waals surface area contributed by atoms with Crippen LogP contribution in [0.25, 0.3) is 0 Å². The Kier molecular flexibility index (Phi) is 4.54. The van der Waals surface area contributed by atoms with Crippen molar-refractivity contribution >= 4 is 10.1 Å². The molecule has 6 heteroatoms. The van der Waals surface area contributed by atoms with Gasteiger partial charge in [0.05, 0.1) is 19.5 Å². The van der Waals surface area contributed by atoms with Gasteiger partial charge in [-0.25, -0.2) is 9.78 Å². The van der Waals surface area contributed by atoms with Gasteiger partial charge in [-0.3, -0.25) is 4.55 Å². The molecule has 0 aliphatic rings. The van der Waals surface area contributed by atoms with Gasteiger partial charge in [-0.15, -0.1) is 0 Å². The minimum Gasteiger partial charge on any atom is -0.286 e. The molecule has 0 saturated carbocycles. The van der Waals surface area contributed by atoms with E-state index in [0.29, 0.717) is 0 Å². The SMILES string of the molecule is COOCCCS(=O)(=O)O. The third-order valence-electron chi connectivity index (χ3n) is 0.748. The molecule has 0 aromatic heterocycles. The van der Waals surface area contributed by atoms with Gasteiger partial charge in [0.1, 0.15) is 0 Å². The highest BCUT2D eigenvalue weighted by Crippen LogP contribution is 1.88. The summed E-state index contributed by atoms with van der Waals surface area (Å²) < 4.78 is 28.3. The molecule has 0 heterocycles. The summed E-state index contributed by atoms with van der Waals surface area (Å²) >= 11 is 0. The minimum atomic E-state index is -3.84. The third kappa shape index (κ3) is 7.83. The molecule has 0 aromatic carbocycles. The quantitative estimate of drug-likeness (QED) is 0.268. The first-order valence-corrected chi connectivity index (χ1v) is 4.28. The van der Waals surface area contributed by atoms with Crippen LogP contribution in [-0.4, -0.2) is 32.4 Å². The molecule has 5 nitrogen and oxygen atoms in total. The second-order valence-corrected chi connectivity index (χ2v) is 3.20. The molecular formula is C4H10O5S. The maximum Gasteiger partial charge on any atom is 0.264 e. The highest BCUT2D eigenvalue weighted by Gasteiger charge is 2.02. The second kappa shape index (κ2) is 4.62. The van der Waals surface area contributed by atoms with E-state index >= 15 is 0 Å². The first-order chi connectivity index (χ1) is 4.56. The molecule has 0 amide bonds. The van der Waals surface area contributed by atoms with Crippen molar-refractivity contribution in [2.24, 2.45) is 0 Å². The second-order valence-electron chi connectivity index (χ2n) is 1.63. The van der Waals surface area contributed by atoms with Crippen molar-refractivity contribution in [1.82, 2.24) is 0 Å². The van der Waals surface area contributed by atoms with E-state index in [-0.39, 0.29) is 18.8 Å². The monoisotopic (exact) mass is 170 g/mol. The summed E-state index contributed by atoms with van der Waals surface area (Å²) in [6.07, 6.45) is 0.229. The molecule has 62 valence electrons. The van der Waals surface area contributed by atoms with Gasteiger partial charge in [0.2, 0.25) is 0 Å². The Morgan fingerprint density at radius 3 is 2.50 bits per heavy atom.